The van der Waals surface area contributed by atoms with E-state index in [0.717, 1.165) is 28.2 Å². The molecule has 1 aliphatic rings. The van der Waals surface area contributed by atoms with Crippen molar-refractivity contribution in [1.82, 2.24) is 14.3 Å². The van der Waals surface area contributed by atoms with Gasteiger partial charge in [-0.2, -0.15) is 0 Å². The average Bonchev–Trinajstić information content (AvgIpc) is 2.92. The summed E-state index contributed by atoms with van der Waals surface area (Å²) in [5.41, 5.74) is 11.2. The quantitative estimate of drug-likeness (QED) is 0.786. The molecule has 2 N–H and O–H groups in total. The molecule has 1 amide bonds. The number of hydrogen-bond donors (Lipinski definition) is 1. The first-order valence-corrected chi connectivity index (χ1v) is 7.24. The Balaban J connectivity index is 1.96. The van der Waals surface area contributed by atoms with Gasteiger partial charge in [-0.25, -0.2) is 4.98 Å². The van der Waals surface area contributed by atoms with Crippen molar-refractivity contribution in [3.63, 3.8) is 0 Å². The van der Waals surface area contributed by atoms with Crippen LogP contribution in [0.3, 0.4) is 0 Å². The molecule has 5 heteroatoms. The highest BCUT2D eigenvalue weighted by Gasteiger charge is 2.27. The van der Waals surface area contributed by atoms with E-state index < -0.39 is 0 Å². The monoisotopic (exact) mass is 292 g/mol. The Morgan fingerprint density at radius 2 is 1.95 bits per heavy atom. The second-order valence-corrected chi connectivity index (χ2v) is 5.57. The van der Waals surface area contributed by atoms with Crippen molar-refractivity contribution in [3.05, 3.63) is 59.4 Å². The number of carbonyl (C=O) groups excluding carboxylic acids is 1. The van der Waals surface area contributed by atoms with E-state index >= 15 is 0 Å². The highest BCUT2D eigenvalue weighted by molar-refractivity contribution is 5.94. The van der Waals surface area contributed by atoms with Gasteiger partial charge in [-0.1, -0.05) is 30.3 Å². The van der Waals surface area contributed by atoms with Gasteiger partial charge in [-0.15, -0.1) is 0 Å². The van der Waals surface area contributed by atoms with Gasteiger partial charge >= 0.3 is 0 Å². The van der Waals surface area contributed by atoms with Gasteiger partial charge in [0.05, 0.1) is 17.9 Å². The van der Waals surface area contributed by atoms with Gasteiger partial charge in [-0.3, -0.25) is 9.20 Å². The van der Waals surface area contributed by atoms with Crippen LogP contribution in [0.2, 0.25) is 0 Å². The third kappa shape index (κ3) is 1.76. The molecule has 110 valence electrons. The Morgan fingerprint density at radius 1 is 1.18 bits per heavy atom. The maximum absolute atomic E-state index is 12.3. The van der Waals surface area contributed by atoms with Crippen LogP contribution in [0.1, 0.15) is 21.7 Å². The van der Waals surface area contributed by atoms with Gasteiger partial charge in [0.15, 0.2) is 0 Å². The molecule has 0 fully saturated rings. The number of carbonyl (C=O) groups is 1. The van der Waals surface area contributed by atoms with E-state index in [-0.39, 0.29) is 5.91 Å². The van der Waals surface area contributed by atoms with Gasteiger partial charge in [0.2, 0.25) is 0 Å². The zero-order valence-electron chi connectivity index (χ0n) is 12.3. The van der Waals surface area contributed by atoms with Crippen molar-refractivity contribution in [2.45, 2.75) is 13.1 Å². The van der Waals surface area contributed by atoms with E-state index in [1.54, 1.807) is 4.90 Å². The van der Waals surface area contributed by atoms with E-state index in [0.29, 0.717) is 18.8 Å². The minimum Gasteiger partial charge on any atom is -0.335 e. The highest BCUT2D eigenvalue weighted by Crippen LogP contribution is 2.29. The molecule has 0 bridgehead atoms. The van der Waals surface area contributed by atoms with Crippen LogP contribution in [-0.4, -0.2) is 27.2 Å². The van der Waals surface area contributed by atoms with E-state index in [1.165, 1.54) is 0 Å². The molecule has 1 aromatic carbocycles. The Morgan fingerprint density at radius 3 is 2.68 bits per heavy atom. The fraction of sp³-hybridized carbons (Fsp3) is 0.176. The fourth-order valence-electron chi connectivity index (χ4n) is 2.99. The second-order valence-electron chi connectivity index (χ2n) is 5.57. The predicted octanol–water partition coefficient (Wildman–Crippen LogP) is 2.05. The lowest BCUT2D eigenvalue weighted by molar-refractivity contribution is 0.0759. The highest BCUT2D eigenvalue weighted by atomic mass is 16.2. The number of amides is 1. The number of pyridine rings is 1. The summed E-state index contributed by atoms with van der Waals surface area (Å²) in [5.74, 6) is 0.0283. The summed E-state index contributed by atoms with van der Waals surface area (Å²) in [4.78, 5) is 18.8. The average molecular weight is 292 g/mol. The summed E-state index contributed by atoms with van der Waals surface area (Å²) in [6.07, 6.45) is 0. The topological polar surface area (TPSA) is 63.6 Å². The lowest BCUT2D eigenvalue weighted by Gasteiger charge is -2.24. The summed E-state index contributed by atoms with van der Waals surface area (Å²) in [7, 11) is 1.82. The normalized spacial score (nSPS) is 13.9. The zero-order valence-corrected chi connectivity index (χ0v) is 12.3. The third-order valence-corrected chi connectivity index (χ3v) is 4.15. The smallest absolute Gasteiger partial charge is 0.270 e. The molecule has 4 rings (SSSR count). The van der Waals surface area contributed by atoms with Crippen molar-refractivity contribution < 1.29 is 4.79 Å². The van der Waals surface area contributed by atoms with Gasteiger partial charge in [0.25, 0.3) is 5.91 Å². The summed E-state index contributed by atoms with van der Waals surface area (Å²) >= 11 is 0. The molecule has 0 atom stereocenters. The molecular formula is C17H16N4O. The lowest BCUT2D eigenvalue weighted by Crippen LogP contribution is -2.33. The number of nitrogens with zero attached hydrogens (tertiary/aromatic N) is 3. The maximum atomic E-state index is 12.3. The SMILES string of the molecule is CN1Cc2c(-c3ccc(CN)cc3)nc3cccc(n23)C1=O. The van der Waals surface area contributed by atoms with Gasteiger partial charge in [0, 0.05) is 19.2 Å². The van der Waals surface area contributed by atoms with Crippen LogP contribution < -0.4 is 5.73 Å². The molecule has 0 spiro atoms. The number of hydrogen-bond acceptors (Lipinski definition) is 3. The van der Waals surface area contributed by atoms with Crippen LogP contribution in [0, 0.1) is 0 Å². The largest absolute Gasteiger partial charge is 0.335 e. The van der Waals surface area contributed by atoms with Crippen molar-refractivity contribution in [1.29, 1.82) is 0 Å². The molecule has 0 radical (unpaired) electrons. The zero-order chi connectivity index (χ0) is 15.3. The van der Waals surface area contributed by atoms with Gasteiger partial charge in [0.1, 0.15) is 11.3 Å². The molecule has 0 unspecified atom stereocenters. The van der Waals surface area contributed by atoms with Crippen LogP contribution in [0.25, 0.3) is 16.9 Å². The first kappa shape index (κ1) is 13.0. The predicted molar refractivity (Wildman–Crippen MR) is 84.3 cm³/mol. The molecule has 5 nitrogen and oxygen atoms in total. The number of nitrogens with two attached hydrogens (primary N) is 1. The minimum absolute atomic E-state index is 0.0283. The maximum Gasteiger partial charge on any atom is 0.270 e. The molecule has 0 saturated carbocycles. The molecule has 3 aromatic rings. The van der Waals surface area contributed by atoms with Crippen molar-refractivity contribution in [2.24, 2.45) is 5.73 Å². The molecule has 2 aromatic heterocycles. The van der Waals surface area contributed by atoms with Gasteiger partial charge in [-0.05, 0) is 17.7 Å². The van der Waals surface area contributed by atoms with Crippen LogP contribution in [0.4, 0.5) is 0 Å². The van der Waals surface area contributed by atoms with E-state index in [1.807, 2.05) is 53.9 Å². The first-order valence-electron chi connectivity index (χ1n) is 7.24. The minimum atomic E-state index is 0.0283. The van der Waals surface area contributed by atoms with Gasteiger partial charge < -0.3 is 10.6 Å². The van der Waals surface area contributed by atoms with E-state index in [9.17, 15) is 4.79 Å². The lowest BCUT2D eigenvalue weighted by atomic mass is 10.1. The Hall–Kier alpha value is -2.66. The second kappa shape index (κ2) is 4.68. The number of aromatic nitrogens is 2. The molecular weight excluding hydrogens is 276 g/mol. The molecule has 1 aliphatic heterocycles. The summed E-state index contributed by atoms with van der Waals surface area (Å²) < 4.78 is 1.97. The van der Waals surface area contributed by atoms with Crippen LogP contribution in [0.5, 0.6) is 0 Å². The Bertz CT molecular complexity index is 880. The van der Waals surface area contributed by atoms with E-state index in [4.69, 9.17) is 10.7 Å². The van der Waals surface area contributed by atoms with Crippen molar-refractivity contribution >= 4 is 11.6 Å². The molecule has 22 heavy (non-hydrogen) atoms. The number of benzene rings is 1. The first-order chi connectivity index (χ1) is 10.7. The number of imidazole rings is 1. The summed E-state index contributed by atoms with van der Waals surface area (Å²) in [6.45, 7) is 1.09. The van der Waals surface area contributed by atoms with Crippen molar-refractivity contribution in [2.75, 3.05) is 7.05 Å². The van der Waals surface area contributed by atoms with Crippen LogP contribution in [-0.2, 0) is 13.1 Å². The Labute approximate surface area is 128 Å². The number of rotatable bonds is 2. The van der Waals surface area contributed by atoms with Crippen molar-refractivity contribution in [3.8, 4) is 11.3 Å². The molecule has 3 heterocycles. The third-order valence-electron chi connectivity index (χ3n) is 4.15. The molecule has 0 saturated heterocycles. The van der Waals surface area contributed by atoms with Crippen LogP contribution in [0.15, 0.2) is 42.5 Å². The summed E-state index contributed by atoms with van der Waals surface area (Å²) in [5, 5.41) is 0. The standard InChI is InChI=1S/C17H16N4O/c1-20-10-14-16(12-7-5-11(9-18)6-8-12)19-15-4-2-3-13(17(20)22)21(14)15/h2-8H,9-10,18H2,1H3. The molecule has 0 aliphatic carbocycles. The Kier molecular flexibility index (Phi) is 2.77. The summed E-state index contributed by atoms with van der Waals surface area (Å²) in [6, 6.07) is 13.8. The fourth-order valence-corrected chi connectivity index (χ4v) is 2.99. The van der Waals surface area contributed by atoms with Crippen LogP contribution >= 0.6 is 0 Å². The van der Waals surface area contributed by atoms with E-state index in [2.05, 4.69) is 0 Å².